The lowest BCUT2D eigenvalue weighted by atomic mass is 10.2. The molecular formula is C18H17N5O2. The van der Waals surface area contributed by atoms with Crippen molar-refractivity contribution >= 4 is 5.91 Å². The second kappa shape index (κ2) is 7.48. The second-order valence-electron chi connectivity index (χ2n) is 5.49. The zero-order chi connectivity index (χ0) is 17.6. The van der Waals surface area contributed by atoms with Gasteiger partial charge in [0.15, 0.2) is 0 Å². The molecule has 3 heterocycles. The summed E-state index contributed by atoms with van der Waals surface area (Å²) in [4.78, 5) is 32.5. The Morgan fingerprint density at radius 3 is 2.64 bits per heavy atom. The molecule has 1 N–H and O–H groups in total. The van der Waals surface area contributed by atoms with Gasteiger partial charge in [0.05, 0.1) is 5.69 Å². The fourth-order valence-corrected chi connectivity index (χ4v) is 2.32. The number of hydrogen-bond donors (Lipinski definition) is 1. The summed E-state index contributed by atoms with van der Waals surface area (Å²) in [6, 6.07) is 9.57. The van der Waals surface area contributed by atoms with E-state index in [9.17, 15) is 9.59 Å². The van der Waals surface area contributed by atoms with E-state index in [0.717, 1.165) is 11.1 Å². The van der Waals surface area contributed by atoms with Crippen molar-refractivity contribution in [2.24, 2.45) is 0 Å². The molecular weight excluding hydrogens is 318 g/mol. The van der Waals surface area contributed by atoms with E-state index in [1.165, 1.54) is 10.7 Å². The first-order valence-electron chi connectivity index (χ1n) is 7.82. The number of nitrogens with zero attached hydrogens (tertiary/aromatic N) is 4. The molecule has 126 valence electrons. The summed E-state index contributed by atoms with van der Waals surface area (Å²) in [5.41, 5.74) is 1.96. The van der Waals surface area contributed by atoms with Gasteiger partial charge in [0, 0.05) is 43.0 Å². The Morgan fingerprint density at radius 2 is 1.92 bits per heavy atom. The van der Waals surface area contributed by atoms with Crippen LogP contribution in [0.5, 0.6) is 0 Å². The lowest BCUT2D eigenvalue weighted by molar-refractivity contribution is -0.124. The molecule has 0 fully saturated rings. The minimum Gasteiger partial charge on any atom is -0.350 e. The summed E-state index contributed by atoms with van der Waals surface area (Å²) >= 11 is 0. The van der Waals surface area contributed by atoms with E-state index >= 15 is 0 Å². The Hall–Kier alpha value is -3.35. The first-order valence-corrected chi connectivity index (χ1v) is 7.82. The average Bonchev–Trinajstić information content (AvgIpc) is 2.67. The van der Waals surface area contributed by atoms with Gasteiger partial charge in [-0.05, 0) is 42.8 Å². The molecule has 0 bridgehead atoms. The number of amides is 1. The Bertz CT molecular complexity index is 910. The molecule has 0 aromatic carbocycles. The first-order chi connectivity index (χ1) is 12.1. The van der Waals surface area contributed by atoms with E-state index in [4.69, 9.17) is 0 Å². The van der Waals surface area contributed by atoms with Gasteiger partial charge in [-0.1, -0.05) is 0 Å². The maximum Gasteiger partial charge on any atom is 0.267 e. The Kier molecular flexibility index (Phi) is 4.94. The maximum atomic E-state index is 12.4. The molecule has 0 radical (unpaired) electrons. The predicted octanol–water partition coefficient (Wildman–Crippen LogP) is 1.58. The highest BCUT2D eigenvalue weighted by Gasteiger charge is 2.17. The molecule has 3 aromatic rings. The number of carbonyl (C=O) groups is 1. The van der Waals surface area contributed by atoms with Gasteiger partial charge in [-0.2, -0.15) is 5.10 Å². The molecule has 1 amide bonds. The van der Waals surface area contributed by atoms with Gasteiger partial charge in [-0.25, -0.2) is 4.68 Å². The van der Waals surface area contributed by atoms with Crippen LogP contribution in [0.25, 0.3) is 11.3 Å². The van der Waals surface area contributed by atoms with Gasteiger partial charge in [0.25, 0.3) is 5.56 Å². The SMILES string of the molecule is CC(C(=O)NCc1ccncc1)n1nc(-c2cccnc2)ccc1=O. The van der Waals surface area contributed by atoms with Crippen LogP contribution in [0.15, 0.2) is 66.0 Å². The largest absolute Gasteiger partial charge is 0.350 e. The zero-order valence-electron chi connectivity index (χ0n) is 13.7. The lowest BCUT2D eigenvalue weighted by Crippen LogP contribution is -2.36. The van der Waals surface area contributed by atoms with Gasteiger partial charge in [0.2, 0.25) is 5.91 Å². The Labute approximate surface area is 144 Å². The number of carbonyl (C=O) groups excluding carboxylic acids is 1. The average molecular weight is 335 g/mol. The van der Waals surface area contributed by atoms with Gasteiger partial charge >= 0.3 is 0 Å². The zero-order valence-corrected chi connectivity index (χ0v) is 13.7. The van der Waals surface area contributed by atoms with Gasteiger partial charge in [0.1, 0.15) is 6.04 Å². The summed E-state index contributed by atoms with van der Waals surface area (Å²) in [7, 11) is 0. The Morgan fingerprint density at radius 1 is 1.12 bits per heavy atom. The summed E-state index contributed by atoms with van der Waals surface area (Å²) in [6.45, 7) is 2.01. The molecule has 7 heteroatoms. The predicted molar refractivity (Wildman–Crippen MR) is 92.5 cm³/mol. The molecule has 7 nitrogen and oxygen atoms in total. The van der Waals surface area contributed by atoms with E-state index in [1.54, 1.807) is 43.8 Å². The maximum absolute atomic E-state index is 12.4. The summed E-state index contributed by atoms with van der Waals surface area (Å²) in [5.74, 6) is -0.283. The van der Waals surface area contributed by atoms with E-state index in [-0.39, 0.29) is 11.5 Å². The van der Waals surface area contributed by atoms with Gasteiger partial charge in [-0.3, -0.25) is 19.6 Å². The van der Waals surface area contributed by atoms with Crippen LogP contribution in [0.4, 0.5) is 0 Å². The molecule has 3 rings (SSSR count). The smallest absolute Gasteiger partial charge is 0.267 e. The number of pyridine rings is 2. The van der Waals surface area contributed by atoms with Crippen molar-refractivity contribution < 1.29 is 4.79 Å². The number of aromatic nitrogens is 4. The van der Waals surface area contributed by atoms with Gasteiger partial charge < -0.3 is 5.32 Å². The second-order valence-corrected chi connectivity index (χ2v) is 5.49. The third-order valence-electron chi connectivity index (χ3n) is 3.74. The van der Waals surface area contributed by atoms with Crippen LogP contribution in [-0.4, -0.2) is 25.7 Å². The third kappa shape index (κ3) is 3.95. The summed E-state index contributed by atoms with van der Waals surface area (Å²) < 4.78 is 1.18. The van der Waals surface area contributed by atoms with Crippen LogP contribution < -0.4 is 10.9 Å². The minimum atomic E-state index is -0.731. The van der Waals surface area contributed by atoms with E-state index in [0.29, 0.717) is 12.2 Å². The molecule has 1 atom stereocenters. The normalized spacial score (nSPS) is 11.7. The van der Waals surface area contributed by atoms with Crippen LogP contribution in [-0.2, 0) is 11.3 Å². The number of rotatable bonds is 5. The molecule has 0 aliphatic heterocycles. The number of hydrogen-bond acceptors (Lipinski definition) is 5. The van der Waals surface area contributed by atoms with Crippen LogP contribution in [0.2, 0.25) is 0 Å². The molecule has 3 aromatic heterocycles. The standard InChI is InChI=1S/C18H17N5O2/c1-13(18(25)21-11-14-6-9-19-10-7-14)23-17(24)5-4-16(22-23)15-3-2-8-20-12-15/h2-10,12-13H,11H2,1H3,(H,21,25). The first kappa shape index (κ1) is 16.5. The quantitative estimate of drug-likeness (QED) is 0.764. The summed E-state index contributed by atoms with van der Waals surface area (Å²) in [5, 5.41) is 7.12. The topological polar surface area (TPSA) is 89.8 Å². The molecule has 0 spiro atoms. The highest BCUT2D eigenvalue weighted by Crippen LogP contribution is 2.14. The van der Waals surface area contributed by atoms with Crippen molar-refractivity contribution in [1.82, 2.24) is 25.1 Å². The van der Waals surface area contributed by atoms with Crippen molar-refractivity contribution in [1.29, 1.82) is 0 Å². The minimum absolute atomic E-state index is 0.283. The van der Waals surface area contributed by atoms with Crippen molar-refractivity contribution in [2.75, 3.05) is 0 Å². The van der Waals surface area contributed by atoms with E-state index in [2.05, 4.69) is 20.4 Å². The van der Waals surface area contributed by atoms with Crippen molar-refractivity contribution in [3.05, 3.63) is 77.1 Å². The highest BCUT2D eigenvalue weighted by atomic mass is 16.2. The molecule has 0 aliphatic carbocycles. The van der Waals surface area contributed by atoms with Crippen LogP contribution in [0, 0.1) is 0 Å². The van der Waals surface area contributed by atoms with Crippen molar-refractivity contribution in [3.63, 3.8) is 0 Å². The fraction of sp³-hybridized carbons (Fsp3) is 0.167. The molecule has 0 saturated heterocycles. The summed E-state index contributed by atoms with van der Waals surface area (Å²) in [6.07, 6.45) is 6.64. The molecule has 0 saturated carbocycles. The van der Waals surface area contributed by atoms with Crippen molar-refractivity contribution in [3.8, 4) is 11.3 Å². The highest BCUT2D eigenvalue weighted by molar-refractivity contribution is 5.79. The van der Waals surface area contributed by atoms with Crippen LogP contribution in [0.1, 0.15) is 18.5 Å². The lowest BCUT2D eigenvalue weighted by Gasteiger charge is -2.15. The fourth-order valence-electron chi connectivity index (χ4n) is 2.32. The molecule has 1 unspecified atom stereocenters. The Balaban J connectivity index is 1.78. The van der Waals surface area contributed by atoms with Crippen LogP contribution in [0.3, 0.4) is 0 Å². The third-order valence-corrected chi connectivity index (χ3v) is 3.74. The van der Waals surface area contributed by atoms with E-state index < -0.39 is 6.04 Å². The number of nitrogens with one attached hydrogen (secondary N) is 1. The van der Waals surface area contributed by atoms with E-state index in [1.807, 2.05) is 18.2 Å². The van der Waals surface area contributed by atoms with Gasteiger partial charge in [-0.15, -0.1) is 0 Å². The van der Waals surface area contributed by atoms with Crippen molar-refractivity contribution in [2.45, 2.75) is 19.5 Å². The van der Waals surface area contributed by atoms with Crippen LogP contribution >= 0.6 is 0 Å². The molecule has 25 heavy (non-hydrogen) atoms. The monoisotopic (exact) mass is 335 g/mol. The molecule has 0 aliphatic rings.